The van der Waals surface area contributed by atoms with Crippen LogP contribution in [0.5, 0.6) is 0 Å². The van der Waals surface area contributed by atoms with Crippen molar-refractivity contribution in [2.75, 3.05) is 0 Å². The molecule has 0 atom stereocenters. The van der Waals surface area contributed by atoms with Gasteiger partial charge in [0, 0.05) is 6.04 Å². The third-order valence-electron chi connectivity index (χ3n) is 2.39. The quantitative estimate of drug-likeness (QED) is 0.809. The van der Waals surface area contributed by atoms with Crippen LogP contribution in [0.2, 0.25) is 0 Å². The van der Waals surface area contributed by atoms with Crippen LogP contribution in [0, 0.1) is 0 Å². The first kappa shape index (κ1) is 10.1. The second kappa shape index (κ2) is 3.98. The first-order valence-electron chi connectivity index (χ1n) is 4.67. The zero-order chi connectivity index (χ0) is 10.8. The van der Waals surface area contributed by atoms with E-state index in [-0.39, 0.29) is 22.5 Å². The van der Waals surface area contributed by atoms with Gasteiger partial charge < -0.3 is 10.4 Å². The highest BCUT2D eigenvalue weighted by atomic mass is 32.1. The highest BCUT2D eigenvalue weighted by Gasteiger charge is 2.22. The maximum absolute atomic E-state index is 11.5. The van der Waals surface area contributed by atoms with E-state index in [0.29, 0.717) is 0 Å². The third kappa shape index (κ3) is 2.15. The monoisotopic (exact) mass is 226 g/mol. The van der Waals surface area contributed by atoms with E-state index in [1.54, 1.807) is 0 Å². The molecule has 0 radical (unpaired) electrons. The maximum atomic E-state index is 11.5. The van der Waals surface area contributed by atoms with Gasteiger partial charge in [0.05, 0.1) is 0 Å². The normalized spacial score (nSPS) is 15.7. The Bertz CT molecular complexity index is 398. The van der Waals surface area contributed by atoms with Crippen LogP contribution in [0.3, 0.4) is 0 Å². The van der Waals surface area contributed by atoms with Crippen LogP contribution in [0.4, 0.5) is 0 Å². The molecule has 0 saturated heterocycles. The zero-order valence-electron chi connectivity index (χ0n) is 7.90. The lowest BCUT2D eigenvalue weighted by atomic mass is 9.93. The Morgan fingerprint density at radius 3 is 2.73 bits per heavy atom. The molecule has 1 fully saturated rings. The van der Waals surface area contributed by atoms with Gasteiger partial charge in [-0.1, -0.05) is 0 Å². The molecular formula is C9H10N2O3S. The van der Waals surface area contributed by atoms with Crippen molar-refractivity contribution in [1.29, 1.82) is 0 Å². The van der Waals surface area contributed by atoms with Crippen LogP contribution in [0.15, 0.2) is 6.07 Å². The summed E-state index contributed by atoms with van der Waals surface area (Å²) in [5.41, 5.74) is 0.198. The van der Waals surface area contributed by atoms with Crippen LogP contribution >= 0.6 is 11.5 Å². The fourth-order valence-electron chi connectivity index (χ4n) is 1.29. The number of carboxylic acids is 1. The summed E-state index contributed by atoms with van der Waals surface area (Å²) in [6.45, 7) is 0. The molecule has 0 spiro atoms. The Balaban J connectivity index is 2.01. The number of hydrogen-bond acceptors (Lipinski definition) is 4. The number of nitrogens with one attached hydrogen (secondary N) is 1. The summed E-state index contributed by atoms with van der Waals surface area (Å²) in [5, 5.41) is 11.5. The Labute approximate surface area is 90.3 Å². The molecule has 80 valence electrons. The highest BCUT2D eigenvalue weighted by Crippen LogP contribution is 2.19. The number of carbonyl (C=O) groups is 2. The summed E-state index contributed by atoms with van der Waals surface area (Å²) in [7, 11) is 0. The number of amides is 1. The van der Waals surface area contributed by atoms with Crippen molar-refractivity contribution >= 4 is 23.4 Å². The van der Waals surface area contributed by atoms with Gasteiger partial charge in [0.25, 0.3) is 5.91 Å². The van der Waals surface area contributed by atoms with E-state index >= 15 is 0 Å². The van der Waals surface area contributed by atoms with Gasteiger partial charge >= 0.3 is 5.97 Å². The molecule has 15 heavy (non-hydrogen) atoms. The van der Waals surface area contributed by atoms with Crippen molar-refractivity contribution in [3.8, 4) is 0 Å². The second-order valence-corrected chi connectivity index (χ2v) is 4.29. The summed E-state index contributed by atoms with van der Waals surface area (Å²) in [6.07, 6.45) is 3.14. The summed E-state index contributed by atoms with van der Waals surface area (Å²) >= 11 is 0.828. The van der Waals surface area contributed by atoms with E-state index in [0.717, 1.165) is 30.8 Å². The summed E-state index contributed by atoms with van der Waals surface area (Å²) < 4.78 is 3.80. The molecule has 1 aromatic heterocycles. The maximum Gasteiger partial charge on any atom is 0.347 e. The Morgan fingerprint density at radius 2 is 2.27 bits per heavy atom. The number of aromatic carboxylic acids is 1. The minimum Gasteiger partial charge on any atom is -0.477 e. The first-order valence-corrected chi connectivity index (χ1v) is 5.45. The van der Waals surface area contributed by atoms with Crippen molar-refractivity contribution in [2.45, 2.75) is 25.3 Å². The fraction of sp³-hybridized carbons (Fsp3) is 0.444. The van der Waals surface area contributed by atoms with Gasteiger partial charge in [0.1, 0.15) is 10.6 Å². The van der Waals surface area contributed by atoms with Crippen LogP contribution in [0.25, 0.3) is 0 Å². The lowest BCUT2D eigenvalue weighted by Gasteiger charge is -2.25. The van der Waals surface area contributed by atoms with Crippen molar-refractivity contribution < 1.29 is 14.7 Å². The van der Waals surface area contributed by atoms with E-state index < -0.39 is 5.97 Å². The molecule has 0 aliphatic heterocycles. The first-order chi connectivity index (χ1) is 7.16. The predicted molar refractivity (Wildman–Crippen MR) is 54.2 cm³/mol. The van der Waals surface area contributed by atoms with Gasteiger partial charge in [-0.3, -0.25) is 4.79 Å². The van der Waals surface area contributed by atoms with Gasteiger partial charge in [-0.05, 0) is 36.9 Å². The van der Waals surface area contributed by atoms with Gasteiger partial charge in [-0.25, -0.2) is 4.79 Å². The minimum absolute atomic E-state index is 0.0914. The van der Waals surface area contributed by atoms with Gasteiger partial charge in [-0.15, -0.1) is 0 Å². The molecule has 2 rings (SSSR count). The molecule has 0 unspecified atom stereocenters. The van der Waals surface area contributed by atoms with E-state index in [1.807, 2.05) is 0 Å². The molecule has 5 nitrogen and oxygen atoms in total. The average molecular weight is 226 g/mol. The Kier molecular flexibility index (Phi) is 2.68. The number of hydrogen-bond donors (Lipinski definition) is 2. The molecule has 1 aromatic rings. The van der Waals surface area contributed by atoms with Crippen molar-refractivity contribution in [2.24, 2.45) is 0 Å². The molecule has 1 aliphatic carbocycles. The lowest BCUT2D eigenvalue weighted by Crippen LogP contribution is -2.39. The summed E-state index contributed by atoms with van der Waals surface area (Å²) in [4.78, 5) is 22.2. The van der Waals surface area contributed by atoms with Crippen LogP contribution < -0.4 is 5.32 Å². The SMILES string of the molecule is O=C(NC1CCC1)c1cc(C(=O)O)sn1. The van der Waals surface area contributed by atoms with E-state index in [4.69, 9.17) is 5.11 Å². The third-order valence-corrected chi connectivity index (χ3v) is 3.17. The van der Waals surface area contributed by atoms with E-state index in [2.05, 4.69) is 9.69 Å². The Morgan fingerprint density at radius 1 is 1.53 bits per heavy atom. The van der Waals surface area contributed by atoms with E-state index in [1.165, 1.54) is 6.07 Å². The second-order valence-electron chi connectivity index (χ2n) is 3.48. The molecule has 1 aliphatic rings. The smallest absolute Gasteiger partial charge is 0.347 e. The van der Waals surface area contributed by atoms with Crippen LogP contribution in [-0.4, -0.2) is 27.4 Å². The highest BCUT2D eigenvalue weighted by molar-refractivity contribution is 7.08. The molecule has 2 N–H and O–H groups in total. The largest absolute Gasteiger partial charge is 0.477 e. The fourth-order valence-corrected chi connectivity index (χ4v) is 1.87. The zero-order valence-corrected chi connectivity index (χ0v) is 8.71. The molecule has 1 saturated carbocycles. The topological polar surface area (TPSA) is 79.3 Å². The minimum atomic E-state index is -1.05. The number of rotatable bonds is 3. The molecule has 1 amide bonds. The molecule has 0 aromatic carbocycles. The molecule has 0 bridgehead atoms. The van der Waals surface area contributed by atoms with Gasteiger partial charge in [-0.2, -0.15) is 4.37 Å². The lowest BCUT2D eigenvalue weighted by molar-refractivity contribution is 0.0702. The standard InChI is InChI=1S/C9H10N2O3S/c12-8(10-5-2-1-3-5)6-4-7(9(13)14)15-11-6/h4-5H,1-3H2,(H,10,12)(H,13,14). The average Bonchev–Trinajstić information content (AvgIpc) is 2.59. The van der Waals surface area contributed by atoms with Crippen molar-refractivity contribution in [1.82, 2.24) is 9.69 Å². The van der Waals surface area contributed by atoms with Crippen LogP contribution in [0.1, 0.15) is 39.4 Å². The number of aromatic nitrogens is 1. The summed E-state index contributed by atoms with van der Waals surface area (Å²) in [6, 6.07) is 1.55. The number of nitrogens with zero attached hydrogens (tertiary/aromatic N) is 1. The predicted octanol–water partition coefficient (Wildman–Crippen LogP) is 1.12. The number of carbonyl (C=O) groups excluding carboxylic acids is 1. The van der Waals surface area contributed by atoms with Crippen molar-refractivity contribution in [3.63, 3.8) is 0 Å². The number of carboxylic acid groups (broad SMARTS) is 1. The van der Waals surface area contributed by atoms with E-state index in [9.17, 15) is 9.59 Å². The molecule has 1 heterocycles. The molecule has 6 heteroatoms. The Hall–Kier alpha value is -1.43. The van der Waals surface area contributed by atoms with Crippen molar-refractivity contribution in [3.05, 3.63) is 16.6 Å². The van der Waals surface area contributed by atoms with Gasteiger partial charge in [0.2, 0.25) is 0 Å². The van der Waals surface area contributed by atoms with Gasteiger partial charge in [0.15, 0.2) is 0 Å². The molecular weight excluding hydrogens is 216 g/mol. The van der Waals surface area contributed by atoms with Crippen LogP contribution in [-0.2, 0) is 0 Å². The summed E-state index contributed by atoms with van der Waals surface area (Å²) in [5.74, 6) is -1.32.